The van der Waals surface area contributed by atoms with Gasteiger partial charge in [0.2, 0.25) is 0 Å². The molecule has 0 N–H and O–H groups in total. The van der Waals surface area contributed by atoms with Crippen LogP contribution in [0.5, 0.6) is 0 Å². The van der Waals surface area contributed by atoms with Gasteiger partial charge in [0.15, 0.2) is 0 Å². The molecule has 2 heteroatoms. The Labute approximate surface area is 131 Å². The number of hydrogen-bond acceptors (Lipinski definition) is 0. The van der Waals surface area contributed by atoms with Crippen LogP contribution in [0.15, 0.2) is 40.9 Å². The summed E-state index contributed by atoms with van der Waals surface area (Å²) in [6.07, 6.45) is 2.12. The molecule has 0 aliphatic rings. The second-order valence-corrected chi connectivity index (χ2v) is 6.56. The first-order valence-electron chi connectivity index (χ1n) is 6.12. The van der Waals surface area contributed by atoms with Crippen LogP contribution in [0.2, 0.25) is 0 Å². The SMILES string of the molecule is CCc1ccc(Cc2cc(I)c(Br)cc2C)cc1. The van der Waals surface area contributed by atoms with Crippen molar-refractivity contribution in [3.63, 3.8) is 0 Å². The van der Waals surface area contributed by atoms with Gasteiger partial charge in [0.25, 0.3) is 0 Å². The van der Waals surface area contributed by atoms with Crippen LogP contribution in [0.4, 0.5) is 0 Å². The highest BCUT2D eigenvalue weighted by Gasteiger charge is 2.04. The van der Waals surface area contributed by atoms with Crippen molar-refractivity contribution in [1.82, 2.24) is 0 Å². The summed E-state index contributed by atoms with van der Waals surface area (Å²) in [5.41, 5.74) is 5.54. The number of aryl methyl sites for hydroxylation is 2. The molecule has 0 fully saturated rings. The van der Waals surface area contributed by atoms with Gasteiger partial charge in [0.05, 0.1) is 0 Å². The summed E-state index contributed by atoms with van der Waals surface area (Å²) in [5, 5.41) is 0. The average Bonchev–Trinajstić information content (AvgIpc) is 2.37. The Balaban J connectivity index is 2.25. The van der Waals surface area contributed by atoms with Crippen LogP contribution < -0.4 is 0 Å². The zero-order chi connectivity index (χ0) is 13.1. The van der Waals surface area contributed by atoms with E-state index in [4.69, 9.17) is 0 Å². The molecule has 94 valence electrons. The Morgan fingerprint density at radius 1 is 1.06 bits per heavy atom. The fourth-order valence-corrected chi connectivity index (χ4v) is 2.98. The van der Waals surface area contributed by atoms with E-state index in [1.807, 2.05) is 0 Å². The maximum absolute atomic E-state index is 3.58. The maximum Gasteiger partial charge on any atom is 0.0311 e. The zero-order valence-electron chi connectivity index (χ0n) is 10.6. The molecule has 0 atom stereocenters. The topological polar surface area (TPSA) is 0 Å². The molecule has 0 nitrogen and oxygen atoms in total. The van der Waals surface area contributed by atoms with Gasteiger partial charge in [0.1, 0.15) is 0 Å². The zero-order valence-corrected chi connectivity index (χ0v) is 14.4. The van der Waals surface area contributed by atoms with Crippen molar-refractivity contribution in [1.29, 1.82) is 0 Å². The molecule has 0 radical (unpaired) electrons. The number of halogens is 2. The van der Waals surface area contributed by atoms with Gasteiger partial charge in [-0.1, -0.05) is 31.2 Å². The third-order valence-electron chi connectivity index (χ3n) is 3.20. The molecule has 0 heterocycles. The molecule has 2 rings (SSSR count). The van der Waals surface area contributed by atoms with Crippen LogP contribution in [0.25, 0.3) is 0 Å². The van der Waals surface area contributed by atoms with E-state index in [-0.39, 0.29) is 0 Å². The first-order valence-corrected chi connectivity index (χ1v) is 7.99. The van der Waals surface area contributed by atoms with E-state index in [1.54, 1.807) is 0 Å². The summed E-state index contributed by atoms with van der Waals surface area (Å²) in [7, 11) is 0. The summed E-state index contributed by atoms with van der Waals surface area (Å²) < 4.78 is 2.46. The van der Waals surface area contributed by atoms with E-state index in [9.17, 15) is 0 Å². The molecule has 0 aliphatic heterocycles. The molecular weight excluding hydrogens is 399 g/mol. The lowest BCUT2D eigenvalue weighted by atomic mass is 9.99. The largest absolute Gasteiger partial charge is 0.0613 e. The average molecular weight is 415 g/mol. The first-order chi connectivity index (χ1) is 8.60. The number of benzene rings is 2. The minimum absolute atomic E-state index is 1.01. The standard InChI is InChI=1S/C16H16BrI/c1-3-12-4-6-13(7-5-12)9-14-10-16(18)15(17)8-11(14)2/h4-8,10H,3,9H2,1-2H3. The molecule has 2 aromatic carbocycles. The Hall–Kier alpha value is -0.350. The predicted molar refractivity (Wildman–Crippen MR) is 90.2 cm³/mol. The molecule has 0 unspecified atom stereocenters. The smallest absolute Gasteiger partial charge is 0.0311 e. The van der Waals surface area contributed by atoms with Gasteiger partial charge in [0, 0.05) is 8.04 Å². The molecule has 2 aromatic rings. The molecular formula is C16H16BrI. The summed E-state index contributed by atoms with van der Waals surface area (Å²) in [6, 6.07) is 13.4. The number of rotatable bonds is 3. The van der Waals surface area contributed by atoms with Crippen molar-refractivity contribution in [2.24, 2.45) is 0 Å². The highest BCUT2D eigenvalue weighted by Crippen LogP contribution is 2.25. The van der Waals surface area contributed by atoms with Crippen molar-refractivity contribution in [2.45, 2.75) is 26.7 Å². The van der Waals surface area contributed by atoms with Gasteiger partial charge in [-0.3, -0.25) is 0 Å². The molecule has 0 saturated carbocycles. The normalized spacial score (nSPS) is 10.7. The van der Waals surface area contributed by atoms with Gasteiger partial charge in [-0.25, -0.2) is 0 Å². The molecule has 0 aromatic heterocycles. The highest BCUT2D eigenvalue weighted by molar-refractivity contribution is 14.1. The molecule has 18 heavy (non-hydrogen) atoms. The minimum atomic E-state index is 1.01. The maximum atomic E-state index is 3.58. The van der Waals surface area contributed by atoms with E-state index in [0.717, 1.165) is 12.8 Å². The third-order valence-corrected chi connectivity index (χ3v) is 5.49. The Morgan fingerprint density at radius 2 is 1.67 bits per heavy atom. The third kappa shape index (κ3) is 3.35. The summed E-state index contributed by atoms with van der Waals surface area (Å²) >= 11 is 5.95. The quantitative estimate of drug-likeness (QED) is 0.580. The Kier molecular flexibility index (Phi) is 4.84. The van der Waals surface area contributed by atoms with Gasteiger partial charge < -0.3 is 0 Å². The van der Waals surface area contributed by atoms with Crippen LogP contribution >= 0.6 is 38.5 Å². The lowest BCUT2D eigenvalue weighted by Gasteiger charge is -2.09. The summed E-state index contributed by atoms with van der Waals surface area (Å²) in [5.74, 6) is 0. The molecule has 0 amide bonds. The van der Waals surface area contributed by atoms with Crippen molar-refractivity contribution in [3.05, 3.63) is 66.7 Å². The fraction of sp³-hybridized carbons (Fsp3) is 0.250. The lowest BCUT2D eigenvalue weighted by molar-refractivity contribution is 1.11. The van der Waals surface area contributed by atoms with Crippen molar-refractivity contribution in [2.75, 3.05) is 0 Å². The van der Waals surface area contributed by atoms with Crippen LogP contribution in [0.3, 0.4) is 0 Å². The van der Waals surface area contributed by atoms with E-state index >= 15 is 0 Å². The van der Waals surface area contributed by atoms with Crippen molar-refractivity contribution < 1.29 is 0 Å². The van der Waals surface area contributed by atoms with Crippen LogP contribution in [-0.4, -0.2) is 0 Å². The molecule has 0 spiro atoms. The van der Waals surface area contributed by atoms with Gasteiger partial charge in [-0.2, -0.15) is 0 Å². The van der Waals surface area contributed by atoms with E-state index in [0.29, 0.717) is 0 Å². The molecule has 0 bridgehead atoms. The van der Waals surface area contributed by atoms with E-state index in [2.05, 4.69) is 88.8 Å². The van der Waals surface area contributed by atoms with Crippen molar-refractivity contribution >= 4 is 38.5 Å². The molecule has 0 aliphatic carbocycles. The summed E-state index contributed by atoms with van der Waals surface area (Å²) in [4.78, 5) is 0. The monoisotopic (exact) mass is 414 g/mol. The highest BCUT2D eigenvalue weighted by atomic mass is 127. The van der Waals surface area contributed by atoms with Gasteiger partial charge in [-0.05, 0) is 92.7 Å². The second-order valence-electron chi connectivity index (χ2n) is 4.54. The van der Waals surface area contributed by atoms with Crippen molar-refractivity contribution in [3.8, 4) is 0 Å². The van der Waals surface area contributed by atoms with Crippen LogP contribution in [-0.2, 0) is 12.8 Å². The predicted octanol–water partition coefficient (Wildman–Crippen LogP) is 5.52. The lowest BCUT2D eigenvalue weighted by Crippen LogP contribution is -1.94. The second kappa shape index (κ2) is 6.20. The van der Waals surface area contributed by atoms with Gasteiger partial charge in [-0.15, -0.1) is 0 Å². The summed E-state index contributed by atoms with van der Waals surface area (Å²) in [6.45, 7) is 4.37. The Morgan fingerprint density at radius 3 is 2.28 bits per heavy atom. The first kappa shape index (κ1) is 14.1. The Bertz CT molecular complexity index is 544. The van der Waals surface area contributed by atoms with Crippen LogP contribution in [0, 0.1) is 10.5 Å². The number of hydrogen-bond donors (Lipinski definition) is 0. The van der Waals surface area contributed by atoms with E-state index in [1.165, 1.54) is 30.3 Å². The van der Waals surface area contributed by atoms with Crippen LogP contribution in [0.1, 0.15) is 29.2 Å². The fourth-order valence-electron chi connectivity index (χ4n) is 1.99. The molecule has 0 saturated heterocycles. The van der Waals surface area contributed by atoms with E-state index < -0.39 is 0 Å². The van der Waals surface area contributed by atoms with Gasteiger partial charge >= 0.3 is 0 Å². The minimum Gasteiger partial charge on any atom is -0.0613 e.